The van der Waals surface area contributed by atoms with Crippen molar-refractivity contribution in [2.75, 3.05) is 13.2 Å². The van der Waals surface area contributed by atoms with Gasteiger partial charge in [-0.2, -0.15) is 0 Å². The van der Waals surface area contributed by atoms with E-state index in [1.807, 2.05) is 44.2 Å². The summed E-state index contributed by atoms with van der Waals surface area (Å²) in [4.78, 5) is 29.8. The van der Waals surface area contributed by atoms with Gasteiger partial charge < -0.3 is 14.2 Å². The number of benzene rings is 2. The van der Waals surface area contributed by atoms with Crippen molar-refractivity contribution in [3.05, 3.63) is 76.2 Å². The molecular weight excluding hydrogens is 428 g/mol. The second-order valence-electron chi connectivity index (χ2n) is 6.79. The number of hydrogen-bond donors (Lipinski definition) is 0. The lowest BCUT2D eigenvalue weighted by Gasteiger charge is -2.11. The van der Waals surface area contributed by atoms with E-state index in [0.29, 0.717) is 35.4 Å². The minimum Gasteiger partial charge on any atom is -0.490 e. The van der Waals surface area contributed by atoms with Gasteiger partial charge in [-0.3, -0.25) is 9.20 Å². The van der Waals surface area contributed by atoms with Gasteiger partial charge in [0.2, 0.25) is 0 Å². The molecule has 8 heteroatoms. The van der Waals surface area contributed by atoms with E-state index >= 15 is 0 Å². The maximum absolute atomic E-state index is 12.5. The predicted molar refractivity (Wildman–Crippen MR) is 124 cm³/mol. The topological polar surface area (TPSA) is 79.1 Å². The Bertz CT molecular complexity index is 1360. The summed E-state index contributed by atoms with van der Waals surface area (Å²) in [5.41, 5.74) is 1.80. The van der Waals surface area contributed by atoms with Crippen LogP contribution in [0.25, 0.3) is 21.3 Å². The number of carbonyl (C=O) groups excluding carboxylic acids is 1. The van der Waals surface area contributed by atoms with Crippen LogP contribution in [0.1, 0.15) is 25.1 Å². The Morgan fingerprint density at radius 1 is 1.06 bits per heavy atom. The molecule has 0 saturated heterocycles. The van der Waals surface area contributed by atoms with Crippen molar-refractivity contribution in [3.8, 4) is 11.5 Å². The summed E-state index contributed by atoms with van der Waals surface area (Å²) in [6.45, 7) is 4.75. The molecular formula is C24H22N2O5S. The number of carbonyl (C=O) groups is 1. The molecule has 0 saturated carbocycles. The van der Waals surface area contributed by atoms with E-state index in [2.05, 4.69) is 4.98 Å². The molecule has 0 unspecified atom stereocenters. The number of hydrogen-bond acceptors (Lipinski definition) is 7. The molecule has 0 spiro atoms. The van der Waals surface area contributed by atoms with Crippen LogP contribution in [0.4, 0.5) is 0 Å². The first-order valence-corrected chi connectivity index (χ1v) is 11.1. The first kappa shape index (κ1) is 21.6. The van der Waals surface area contributed by atoms with E-state index in [9.17, 15) is 9.59 Å². The van der Waals surface area contributed by atoms with Gasteiger partial charge in [-0.15, -0.1) is 0 Å². The first-order chi connectivity index (χ1) is 15.6. The van der Waals surface area contributed by atoms with Gasteiger partial charge in [0, 0.05) is 12.1 Å². The van der Waals surface area contributed by atoms with Gasteiger partial charge in [0.25, 0.3) is 5.56 Å². The number of nitrogens with zero attached hydrogens (tertiary/aromatic N) is 2. The van der Waals surface area contributed by atoms with Gasteiger partial charge in [0.1, 0.15) is 6.61 Å². The summed E-state index contributed by atoms with van der Waals surface area (Å²) in [5, 5.41) is 0. The largest absolute Gasteiger partial charge is 0.490 e. The summed E-state index contributed by atoms with van der Waals surface area (Å²) >= 11 is 1.42. The second-order valence-corrected chi connectivity index (χ2v) is 7.80. The molecule has 0 fully saturated rings. The quantitative estimate of drug-likeness (QED) is 0.291. The SMILES string of the molecule is CCOc1ccc(C=CC(=O)OCc2cc(=O)n3c(n2)sc2ccccc23)cc1OCC. The standard InChI is InChI=1S/C24H22N2O5S/c1-3-29-19-11-9-16(13-20(19)30-4-2)10-12-23(28)31-15-17-14-22(27)26-18-7-5-6-8-21(18)32-24(26)25-17/h5-14H,3-4,15H2,1-2H3. The van der Waals surface area contributed by atoms with E-state index in [4.69, 9.17) is 14.2 Å². The fourth-order valence-electron chi connectivity index (χ4n) is 3.23. The fraction of sp³-hybridized carbons (Fsp3) is 0.208. The minimum atomic E-state index is -0.532. The van der Waals surface area contributed by atoms with Gasteiger partial charge in [0.15, 0.2) is 16.5 Å². The zero-order valence-corrected chi connectivity index (χ0v) is 18.6. The van der Waals surface area contributed by atoms with Crippen LogP contribution in [0.2, 0.25) is 0 Å². The molecule has 0 aliphatic heterocycles. The highest BCUT2D eigenvalue weighted by molar-refractivity contribution is 7.23. The monoisotopic (exact) mass is 450 g/mol. The van der Waals surface area contributed by atoms with Crippen LogP contribution in [0.3, 0.4) is 0 Å². The second kappa shape index (κ2) is 9.65. The third kappa shape index (κ3) is 4.65. The molecule has 32 heavy (non-hydrogen) atoms. The number of esters is 1. The van der Waals surface area contributed by atoms with Crippen LogP contribution in [0.15, 0.2) is 59.4 Å². The smallest absolute Gasteiger partial charge is 0.331 e. The molecule has 0 N–H and O–H groups in total. The van der Waals surface area contributed by atoms with Crippen LogP contribution < -0.4 is 15.0 Å². The molecule has 0 atom stereocenters. The summed E-state index contributed by atoms with van der Waals surface area (Å²) in [5.74, 6) is 0.740. The molecule has 164 valence electrons. The van der Waals surface area contributed by atoms with Crippen molar-refractivity contribution < 1.29 is 19.0 Å². The fourth-order valence-corrected chi connectivity index (χ4v) is 4.28. The van der Waals surface area contributed by atoms with E-state index in [0.717, 1.165) is 15.8 Å². The van der Waals surface area contributed by atoms with E-state index in [-0.39, 0.29) is 12.2 Å². The molecule has 0 amide bonds. The van der Waals surface area contributed by atoms with Crippen LogP contribution in [-0.2, 0) is 16.1 Å². The lowest BCUT2D eigenvalue weighted by molar-refractivity contribution is -0.139. The maximum Gasteiger partial charge on any atom is 0.331 e. The number of ether oxygens (including phenoxy) is 3. The maximum atomic E-state index is 12.5. The Labute approximate surface area is 188 Å². The highest BCUT2D eigenvalue weighted by atomic mass is 32.1. The summed E-state index contributed by atoms with van der Waals surface area (Å²) < 4.78 is 19.0. The van der Waals surface area contributed by atoms with Crippen molar-refractivity contribution in [2.45, 2.75) is 20.5 Å². The molecule has 2 aromatic carbocycles. The summed E-state index contributed by atoms with van der Waals surface area (Å²) in [6.07, 6.45) is 2.97. The molecule has 2 aromatic heterocycles. The third-order valence-electron chi connectivity index (χ3n) is 4.59. The van der Waals surface area contributed by atoms with Gasteiger partial charge in [-0.1, -0.05) is 29.5 Å². The van der Waals surface area contributed by atoms with Gasteiger partial charge >= 0.3 is 5.97 Å². The molecule has 0 aliphatic rings. The third-order valence-corrected chi connectivity index (χ3v) is 5.61. The zero-order valence-electron chi connectivity index (χ0n) is 17.7. The Morgan fingerprint density at radius 2 is 1.84 bits per heavy atom. The van der Waals surface area contributed by atoms with Crippen LogP contribution in [0.5, 0.6) is 11.5 Å². The number of fused-ring (bicyclic) bond motifs is 3. The van der Waals surface area contributed by atoms with E-state index in [1.54, 1.807) is 22.6 Å². The van der Waals surface area contributed by atoms with Crippen molar-refractivity contribution >= 4 is 38.6 Å². The summed E-state index contributed by atoms with van der Waals surface area (Å²) in [7, 11) is 0. The zero-order chi connectivity index (χ0) is 22.5. The number of aromatic nitrogens is 2. The van der Waals surface area contributed by atoms with Crippen LogP contribution >= 0.6 is 11.3 Å². The molecule has 0 bridgehead atoms. The van der Waals surface area contributed by atoms with Crippen LogP contribution in [-0.4, -0.2) is 28.6 Å². The predicted octanol–water partition coefficient (Wildman–Crippen LogP) is 4.46. The molecule has 0 aliphatic carbocycles. The van der Waals surface area contributed by atoms with Gasteiger partial charge in [-0.05, 0) is 49.8 Å². The highest BCUT2D eigenvalue weighted by Gasteiger charge is 2.10. The molecule has 4 rings (SSSR count). The minimum absolute atomic E-state index is 0.0867. The van der Waals surface area contributed by atoms with Gasteiger partial charge in [0.05, 0.1) is 29.1 Å². The molecule has 7 nitrogen and oxygen atoms in total. The van der Waals surface area contributed by atoms with E-state index in [1.165, 1.54) is 23.5 Å². The number of rotatable bonds is 8. The lowest BCUT2D eigenvalue weighted by Crippen LogP contribution is -2.14. The molecule has 4 aromatic rings. The number of para-hydroxylation sites is 1. The lowest BCUT2D eigenvalue weighted by atomic mass is 10.2. The average Bonchev–Trinajstić information content (AvgIpc) is 3.17. The molecule has 2 heterocycles. The normalized spacial score (nSPS) is 11.3. The Hall–Kier alpha value is -3.65. The summed E-state index contributed by atoms with van der Waals surface area (Å²) in [6, 6.07) is 14.4. The Kier molecular flexibility index (Phi) is 6.51. The Balaban J connectivity index is 1.45. The highest BCUT2D eigenvalue weighted by Crippen LogP contribution is 2.29. The molecule has 0 radical (unpaired) electrons. The van der Waals surface area contributed by atoms with Crippen molar-refractivity contribution in [1.29, 1.82) is 0 Å². The average molecular weight is 451 g/mol. The van der Waals surface area contributed by atoms with Crippen molar-refractivity contribution in [1.82, 2.24) is 9.38 Å². The first-order valence-electron chi connectivity index (χ1n) is 10.2. The Morgan fingerprint density at radius 3 is 2.66 bits per heavy atom. The number of thiazole rings is 1. The van der Waals surface area contributed by atoms with Crippen LogP contribution in [0, 0.1) is 0 Å². The van der Waals surface area contributed by atoms with Crippen molar-refractivity contribution in [2.24, 2.45) is 0 Å². The van der Waals surface area contributed by atoms with Crippen molar-refractivity contribution in [3.63, 3.8) is 0 Å². The van der Waals surface area contributed by atoms with E-state index < -0.39 is 5.97 Å². The van der Waals surface area contributed by atoms with Gasteiger partial charge in [-0.25, -0.2) is 9.78 Å².